The molecule has 2 atom stereocenters. The predicted molar refractivity (Wildman–Crippen MR) is 82.6 cm³/mol. The van der Waals surface area contributed by atoms with Gasteiger partial charge in [-0.25, -0.2) is 8.42 Å². The van der Waals surface area contributed by atoms with Crippen molar-refractivity contribution < 1.29 is 13.2 Å². The molecule has 1 aromatic rings. The zero-order chi connectivity index (χ0) is 15.6. The van der Waals surface area contributed by atoms with E-state index in [9.17, 15) is 8.42 Å². The lowest BCUT2D eigenvalue weighted by molar-refractivity contribution is 0.202. The first-order valence-electron chi connectivity index (χ1n) is 7.30. The number of sulfonamides is 1. The molecule has 0 spiro atoms. The second kappa shape index (κ2) is 6.34. The maximum atomic E-state index is 13.0. The zero-order valence-electron chi connectivity index (χ0n) is 12.9. The van der Waals surface area contributed by atoms with Crippen LogP contribution in [0.3, 0.4) is 0 Å². The molecule has 2 unspecified atom stereocenters. The van der Waals surface area contributed by atoms with Crippen molar-refractivity contribution in [3.8, 4) is 5.75 Å². The molecule has 0 radical (unpaired) electrons. The van der Waals surface area contributed by atoms with Gasteiger partial charge in [-0.3, -0.25) is 0 Å². The first-order chi connectivity index (χ1) is 9.91. The van der Waals surface area contributed by atoms with Gasteiger partial charge in [0.2, 0.25) is 10.0 Å². The van der Waals surface area contributed by atoms with Crippen LogP contribution in [0.4, 0.5) is 0 Å². The van der Waals surface area contributed by atoms with Crippen LogP contribution in [0, 0.1) is 5.92 Å². The molecular weight excluding hydrogens is 288 g/mol. The number of hydrogen-bond donors (Lipinski definition) is 1. The molecule has 1 fully saturated rings. The Hall–Kier alpha value is -1.11. The van der Waals surface area contributed by atoms with Crippen molar-refractivity contribution in [2.75, 3.05) is 13.7 Å². The first-order valence-corrected chi connectivity index (χ1v) is 8.74. The number of benzene rings is 1. The summed E-state index contributed by atoms with van der Waals surface area (Å²) in [6.07, 6.45) is 1.96. The molecule has 1 aromatic carbocycles. The third-order valence-corrected chi connectivity index (χ3v) is 6.37. The van der Waals surface area contributed by atoms with Gasteiger partial charge in [0.15, 0.2) is 0 Å². The Kier molecular flexibility index (Phi) is 4.91. The quantitative estimate of drug-likeness (QED) is 0.922. The monoisotopic (exact) mass is 312 g/mol. The third-order valence-electron chi connectivity index (χ3n) is 4.37. The fraction of sp³-hybridized carbons (Fsp3) is 0.600. The number of hydrogen-bond acceptors (Lipinski definition) is 4. The van der Waals surface area contributed by atoms with Gasteiger partial charge in [0.1, 0.15) is 10.6 Å². The van der Waals surface area contributed by atoms with E-state index in [4.69, 9.17) is 10.5 Å². The van der Waals surface area contributed by atoms with Crippen LogP contribution in [-0.4, -0.2) is 32.4 Å². The summed E-state index contributed by atoms with van der Waals surface area (Å²) < 4.78 is 32.8. The molecule has 21 heavy (non-hydrogen) atoms. The van der Waals surface area contributed by atoms with Crippen molar-refractivity contribution in [1.82, 2.24) is 4.31 Å². The Balaban J connectivity index is 2.47. The van der Waals surface area contributed by atoms with E-state index in [1.807, 2.05) is 6.92 Å². The van der Waals surface area contributed by atoms with Crippen LogP contribution < -0.4 is 10.5 Å². The van der Waals surface area contributed by atoms with Crippen molar-refractivity contribution in [2.24, 2.45) is 11.7 Å². The summed E-state index contributed by atoms with van der Waals surface area (Å²) in [6, 6.07) is 5.09. The normalized spacial score (nSPS) is 24.0. The highest BCUT2D eigenvalue weighted by molar-refractivity contribution is 7.89. The first kappa shape index (κ1) is 16.3. The lowest BCUT2D eigenvalue weighted by atomic mass is 9.94. The molecule has 1 aliphatic heterocycles. The van der Waals surface area contributed by atoms with E-state index in [0.29, 0.717) is 24.8 Å². The molecule has 1 heterocycles. The maximum Gasteiger partial charge on any atom is 0.247 e. The van der Waals surface area contributed by atoms with Gasteiger partial charge in [-0.05, 0) is 43.4 Å². The van der Waals surface area contributed by atoms with Crippen LogP contribution in [-0.2, 0) is 16.6 Å². The second-order valence-corrected chi connectivity index (χ2v) is 7.52. The molecule has 0 saturated carbocycles. The largest absolute Gasteiger partial charge is 0.495 e. The number of nitrogens with two attached hydrogens (primary N) is 1. The molecule has 1 saturated heterocycles. The molecule has 2 N–H and O–H groups in total. The van der Waals surface area contributed by atoms with E-state index in [1.54, 1.807) is 22.5 Å². The minimum absolute atomic E-state index is 0.00464. The van der Waals surface area contributed by atoms with E-state index in [2.05, 4.69) is 6.92 Å². The molecule has 5 nitrogen and oxygen atoms in total. The van der Waals surface area contributed by atoms with Crippen molar-refractivity contribution >= 4 is 10.0 Å². The molecule has 1 aliphatic rings. The highest BCUT2D eigenvalue weighted by Crippen LogP contribution is 2.33. The molecule has 0 amide bonds. The van der Waals surface area contributed by atoms with Crippen LogP contribution in [0.1, 0.15) is 32.3 Å². The van der Waals surface area contributed by atoms with Gasteiger partial charge in [-0.15, -0.1) is 0 Å². The summed E-state index contributed by atoms with van der Waals surface area (Å²) >= 11 is 0. The lowest BCUT2D eigenvalue weighted by Crippen LogP contribution is -2.45. The fourth-order valence-corrected chi connectivity index (χ4v) is 4.79. The summed E-state index contributed by atoms with van der Waals surface area (Å²) in [4.78, 5) is 0.217. The molecule has 6 heteroatoms. The second-order valence-electron chi connectivity index (χ2n) is 5.67. The van der Waals surface area contributed by atoms with Gasteiger partial charge in [-0.1, -0.05) is 13.0 Å². The van der Waals surface area contributed by atoms with Crippen LogP contribution >= 0.6 is 0 Å². The maximum absolute atomic E-state index is 13.0. The van der Waals surface area contributed by atoms with E-state index in [1.165, 1.54) is 7.11 Å². The average molecular weight is 312 g/mol. The molecule has 2 rings (SSSR count). The summed E-state index contributed by atoms with van der Waals surface area (Å²) in [5.74, 6) is 0.731. The number of methoxy groups -OCH3 is 1. The van der Waals surface area contributed by atoms with E-state index in [-0.39, 0.29) is 10.9 Å². The van der Waals surface area contributed by atoms with Crippen molar-refractivity contribution in [2.45, 2.75) is 44.2 Å². The topological polar surface area (TPSA) is 72.6 Å². The smallest absolute Gasteiger partial charge is 0.247 e. The van der Waals surface area contributed by atoms with Crippen molar-refractivity contribution in [3.63, 3.8) is 0 Å². The Labute approximate surface area is 127 Å². The zero-order valence-corrected chi connectivity index (χ0v) is 13.7. The van der Waals surface area contributed by atoms with Gasteiger partial charge in [0.05, 0.1) is 7.11 Å². The fourth-order valence-electron chi connectivity index (χ4n) is 2.81. The van der Waals surface area contributed by atoms with Crippen LogP contribution in [0.15, 0.2) is 23.1 Å². The minimum Gasteiger partial charge on any atom is -0.495 e. The van der Waals surface area contributed by atoms with Gasteiger partial charge in [-0.2, -0.15) is 4.31 Å². The average Bonchev–Trinajstić information content (AvgIpc) is 2.49. The molecule has 0 aliphatic carbocycles. The molecule has 118 valence electrons. The van der Waals surface area contributed by atoms with E-state index >= 15 is 0 Å². The Morgan fingerprint density at radius 1 is 1.38 bits per heavy atom. The Bertz CT molecular complexity index is 601. The summed E-state index contributed by atoms with van der Waals surface area (Å²) in [5, 5.41) is 0. The van der Waals surface area contributed by atoms with Crippen molar-refractivity contribution in [3.05, 3.63) is 23.8 Å². The Morgan fingerprint density at radius 3 is 2.71 bits per heavy atom. The number of piperidine rings is 1. The third kappa shape index (κ3) is 3.07. The molecule has 0 bridgehead atoms. The van der Waals surface area contributed by atoms with Gasteiger partial charge >= 0.3 is 0 Å². The van der Waals surface area contributed by atoms with Gasteiger partial charge in [0, 0.05) is 19.1 Å². The van der Waals surface area contributed by atoms with Gasteiger partial charge < -0.3 is 10.5 Å². The lowest BCUT2D eigenvalue weighted by Gasteiger charge is -2.37. The highest BCUT2D eigenvalue weighted by atomic mass is 32.2. The summed E-state index contributed by atoms with van der Waals surface area (Å²) in [7, 11) is -2.08. The van der Waals surface area contributed by atoms with E-state index < -0.39 is 10.0 Å². The SMILES string of the molecule is COc1ccc(CN)cc1S(=O)(=O)N1CCCC(C)C1C. The van der Waals surface area contributed by atoms with Crippen LogP contribution in [0.5, 0.6) is 5.75 Å². The van der Waals surface area contributed by atoms with Gasteiger partial charge in [0.25, 0.3) is 0 Å². The van der Waals surface area contributed by atoms with Crippen LogP contribution in [0.25, 0.3) is 0 Å². The molecular formula is C15H24N2O3S. The van der Waals surface area contributed by atoms with E-state index in [0.717, 1.165) is 18.4 Å². The predicted octanol–water partition coefficient (Wildman–Crippen LogP) is 1.96. The highest BCUT2D eigenvalue weighted by Gasteiger charge is 2.36. The summed E-state index contributed by atoms with van der Waals surface area (Å²) in [5.41, 5.74) is 6.42. The Morgan fingerprint density at radius 2 is 2.10 bits per heavy atom. The number of nitrogens with zero attached hydrogens (tertiary/aromatic N) is 1. The van der Waals surface area contributed by atoms with Crippen molar-refractivity contribution in [1.29, 1.82) is 0 Å². The minimum atomic E-state index is -3.57. The number of ether oxygens (including phenoxy) is 1. The molecule has 0 aromatic heterocycles. The van der Waals surface area contributed by atoms with Crippen LogP contribution in [0.2, 0.25) is 0 Å². The summed E-state index contributed by atoms with van der Waals surface area (Å²) in [6.45, 7) is 4.93. The standard InChI is InChI=1S/C15H24N2O3S/c1-11-5-4-8-17(12(11)2)21(18,19)15-9-13(10-16)6-7-14(15)20-3/h6-7,9,11-12H,4-5,8,10,16H2,1-3H3. The number of rotatable bonds is 4.